The van der Waals surface area contributed by atoms with Gasteiger partial charge in [-0.2, -0.15) is 0 Å². The van der Waals surface area contributed by atoms with Crippen LogP contribution in [-0.2, 0) is 17.6 Å². The molecule has 2 aliphatic carbocycles. The maximum Gasteiger partial charge on any atom is 0.226 e. The third-order valence-electron chi connectivity index (χ3n) is 5.40. The van der Waals surface area contributed by atoms with Gasteiger partial charge >= 0.3 is 0 Å². The van der Waals surface area contributed by atoms with E-state index in [0.29, 0.717) is 11.9 Å². The Kier molecular flexibility index (Phi) is 4.02. The molecule has 4 rings (SSSR count). The van der Waals surface area contributed by atoms with Crippen molar-refractivity contribution in [1.82, 2.24) is 14.9 Å². The summed E-state index contributed by atoms with van der Waals surface area (Å²) >= 11 is 0. The minimum atomic E-state index is 0.162. The molecule has 0 atom stereocenters. The summed E-state index contributed by atoms with van der Waals surface area (Å²) in [6.07, 6.45) is 13.2. The van der Waals surface area contributed by atoms with E-state index in [0.717, 1.165) is 50.3 Å². The number of carbonyl (C=O) groups excluding carboxylic acids is 1. The molecule has 0 unspecified atom stereocenters. The minimum absolute atomic E-state index is 0.162. The fourth-order valence-electron chi connectivity index (χ4n) is 3.69. The van der Waals surface area contributed by atoms with Crippen molar-refractivity contribution < 1.29 is 4.79 Å². The number of nitrogens with zero attached hydrogens (tertiary/aromatic N) is 3. The number of nitrogens with one attached hydrogen (secondary N) is 1. The maximum atomic E-state index is 12.7. The molecule has 1 aromatic rings. The highest BCUT2D eigenvalue weighted by Crippen LogP contribution is 2.27. The number of hydrogen-bond donors (Lipinski definition) is 1. The molecule has 0 spiro atoms. The molecule has 1 fully saturated rings. The van der Waals surface area contributed by atoms with Gasteiger partial charge in [0.15, 0.2) is 0 Å². The summed E-state index contributed by atoms with van der Waals surface area (Å²) in [5, 5.41) is 3.57. The molecular weight excluding hydrogens is 288 g/mol. The Morgan fingerprint density at radius 3 is 2.65 bits per heavy atom. The first-order chi connectivity index (χ1) is 11.3. The van der Waals surface area contributed by atoms with Gasteiger partial charge in [-0.3, -0.25) is 4.79 Å². The molecule has 3 aliphatic rings. The third-order valence-corrected chi connectivity index (χ3v) is 5.40. The largest absolute Gasteiger partial charge is 0.367 e. The number of aromatic nitrogens is 2. The summed E-state index contributed by atoms with van der Waals surface area (Å²) in [5.41, 5.74) is 2.33. The normalized spacial score (nSPS) is 21.7. The van der Waals surface area contributed by atoms with Gasteiger partial charge in [0.05, 0.1) is 5.69 Å². The van der Waals surface area contributed by atoms with Crippen LogP contribution in [-0.4, -0.2) is 39.9 Å². The van der Waals surface area contributed by atoms with E-state index in [2.05, 4.69) is 27.4 Å². The van der Waals surface area contributed by atoms with Gasteiger partial charge in [-0.15, -0.1) is 0 Å². The van der Waals surface area contributed by atoms with E-state index in [-0.39, 0.29) is 5.92 Å². The Morgan fingerprint density at radius 1 is 1.13 bits per heavy atom. The molecule has 0 saturated heterocycles. The second-order valence-corrected chi connectivity index (χ2v) is 6.88. The highest BCUT2D eigenvalue weighted by molar-refractivity contribution is 5.79. The Morgan fingerprint density at radius 2 is 1.91 bits per heavy atom. The molecule has 0 bridgehead atoms. The zero-order chi connectivity index (χ0) is 15.6. The Bertz CT molecular complexity index is 615. The molecule has 1 N–H and O–H groups in total. The highest BCUT2D eigenvalue weighted by atomic mass is 16.2. The number of allylic oxidation sites excluding steroid dienone is 2. The molecule has 0 aromatic carbocycles. The summed E-state index contributed by atoms with van der Waals surface area (Å²) in [6.45, 7) is 1.57. The third kappa shape index (κ3) is 2.96. The van der Waals surface area contributed by atoms with Crippen molar-refractivity contribution in [1.29, 1.82) is 0 Å². The molecule has 1 aliphatic heterocycles. The Hall–Kier alpha value is -1.91. The van der Waals surface area contributed by atoms with Crippen molar-refractivity contribution in [3.05, 3.63) is 29.7 Å². The quantitative estimate of drug-likeness (QED) is 0.870. The predicted molar refractivity (Wildman–Crippen MR) is 89.1 cm³/mol. The lowest BCUT2D eigenvalue weighted by Gasteiger charge is -2.28. The van der Waals surface area contributed by atoms with Gasteiger partial charge in [0.2, 0.25) is 5.91 Å². The van der Waals surface area contributed by atoms with Gasteiger partial charge in [-0.05, 0) is 38.5 Å². The lowest BCUT2D eigenvalue weighted by atomic mass is 9.93. The van der Waals surface area contributed by atoms with E-state index in [1.54, 1.807) is 6.33 Å². The van der Waals surface area contributed by atoms with E-state index in [1.165, 1.54) is 24.8 Å². The van der Waals surface area contributed by atoms with E-state index in [1.807, 2.05) is 4.90 Å². The van der Waals surface area contributed by atoms with Gasteiger partial charge in [0.1, 0.15) is 12.1 Å². The molecule has 1 saturated carbocycles. The minimum Gasteiger partial charge on any atom is -0.367 e. The zero-order valence-electron chi connectivity index (χ0n) is 13.5. The van der Waals surface area contributed by atoms with Gasteiger partial charge in [-0.25, -0.2) is 9.97 Å². The smallest absolute Gasteiger partial charge is 0.226 e. The van der Waals surface area contributed by atoms with Crippen LogP contribution in [0.25, 0.3) is 0 Å². The van der Waals surface area contributed by atoms with Crippen molar-refractivity contribution in [2.75, 3.05) is 18.4 Å². The van der Waals surface area contributed by atoms with Crippen LogP contribution in [0.1, 0.15) is 43.4 Å². The molecule has 5 nitrogen and oxygen atoms in total. The van der Waals surface area contributed by atoms with Gasteiger partial charge in [0.25, 0.3) is 0 Å². The van der Waals surface area contributed by atoms with Crippen molar-refractivity contribution >= 4 is 11.7 Å². The topological polar surface area (TPSA) is 58.1 Å². The maximum absolute atomic E-state index is 12.7. The van der Waals surface area contributed by atoms with Crippen LogP contribution < -0.4 is 5.32 Å². The van der Waals surface area contributed by atoms with E-state index >= 15 is 0 Å². The predicted octanol–water partition coefficient (Wildman–Crippen LogP) is 2.33. The summed E-state index contributed by atoms with van der Waals surface area (Å²) in [4.78, 5) is 23.6. The van der Waals surface area contributed by atoms with Crippen LogP contribution in [0.2, 0.25) is 0 Å². The lowest BCUT2D eigenvalue weighted by molar-refractivity contribution is -0.135. The SMILES string of the molecule is O=C(C1CC=CC1)N1CCc2ncnc(NC3CCC3)c2CC1. The second kappa shape index (κ2) is 6.30. The fraction of sp³-hybridized carbons (Fsp3) is 0.611. The molecule has 122 valence electrons. The Labute approximate surface area is 137 Å². The first kappa shape index (κ1) is 14.7. The van der Waals surface area contributed by atoms with Crippen LogP contribution in [0.4, 0.5) is 5.82 Å². The number of anilines is 1. The standard InChI is InChI=1S/C18H24N4O/c23-18(13-4-1-2-5-13)22-10-8-15-16(9-11-22)19-12-20-17(15)21-14-6-3-7-14/h1-2,12-14H,3-11H2,(H,19,20,21). The van der Waals surface area contributed by atoms with Crippen LogP contribution in [0.3, 0.4) is 0 Å². The average molecular weight is 312 g/mol. The van der Waals surface area contributed by atoms with Crippen molar-refractivity contribution in [3.8, 4) is 0 Å². The summed E-state index contributed by atoms with van der Waals surface area (Å²) in [5.74, 6) is 1.47. The molecule has 23 heavy (non-hydrogen) atoms. The number of carbonyl (C=O) groups is 1. The lowest BCUT2D eigenvalue weighted by Crippen LogP contribution is -2.37. The number of rotatable bonds is 3. The van der Waals surface area contributed by atoms with Crippen molar-refractivity contribution in [2.24, 2.45) is 5.92 Å². The molecule has 0 radical (unpaired) electrons. The fourth-order valence-corrected chi connectivity index (χ4v) is 3.69. The number of fused-ring (bicyclic) bond motifs is 1. The van der Waals surface area contributed by atoms with E-state index in [9.17, 15) is 4.79 Å². The molecular formula is C18H24N4O. The summed E-state index contributed by atoms with van der Waals surface area (Å²) < 4.78 is 0. The van der Waals surface area contributed by atoms with Crippen LogP contribution in [0, 0.1) is 5.92 Å². The second-order valence-electron chi connectivity index (χ2n) is 6.88. The molecule has 1 aromatic heterocycles. The van der Waals surface area contributed by atoms with E-state index < -0.39 is 0 Å². The monoisotopic (exact) mass is 312 g/mol. The molecule has 5 heteroatoms. The van der Waals surface area contributed by atoms with Gasteiger partial charge < -0.3 is 10.2 Å². The van der Waals surface area contributed by atoms with Crippen molar-refractivity contribution in [2.45, 2.75) is 51.0 Å². The van der Waals surface area contributed by atoms with Crippen LogP contribution >= 0.6 is 0 Å². The van der Waals surface area contributed by atoms with E-state index in [4.69, 9.17) is 0 Å². The Balaban J connectivity index is 1.47. The van der Waals surface area contributed by atoms with Crippen LogP contribution in [0.15, 0.2) is 18.5 Å². The first-order valence-corrected chi connectivity index (χ1v) is 8.84. The average Bonchev–Trinajstić information content (AvgIpc) is 2.97. The molecule has 2 heterocycles. The van der Waals surface area contributed by atoms with Gasteiger partial charge in [0, 0.05) is 37.0 Å². The highest BCUT2D eigenvalue weighted by Gasteiger charge is 2.28. The molecule has 1 amide bonds. The summed E-state index contributed by atoms with van der Waals surface area (Å²) in [7, 11) is 0. The summed E-state index contributed by atoms with van der Waals surface area (Å²) in [6, 6.07) is 0.569. The number of hydrogen-bond acceptors (Lipinski definition) is 4. The first-order valence-electron chi connectivity index (χ1n) is 8.84. The van der Waals surface area contributed by atoms with Crippen molar-refractivity contribution in [3.63, 3.8) is 0 Å². The number of amides is 1. The van der Waals surface area contributed by atoms with Crippen LogP contribution in [0.5, 0.6) is 0 Å². The zero-order valence-corrected chi connectivity index (χ0v) is 13.5. The van der Waals surface area contributed by atoms with Gasteiger partial charge in [-0.1, -0.05) is 12.2 Å².